The Balaban J connectivity index is 2.59. The van der Waals surface area contributed by atoms with Crippen LogP contribution < -0.4 is 5.32 Å². The molecule has 1 N–H and O–H groups in total. The number of carbonyl (C=O) groups is 1. The predicted molar refractivity (Wildman–Crippen MR) is 61.8 cm³/mol. The second-order valence-corrected chi connectivity index (χ2v) is 3.85. The summed E-state index contributed by atoms with van der Waals surface area (Å²) in [6.07, 6.45) is 0.774. The van der Waals surface area contributed by atoms with Crippen LogP contribution in [-0.4, -0.2) is 35.9 Å². The normalized spacial score (nSPS) is 10.5. The van der Waals surface area contributed by atoms with E-state index in [1.807, 2.05) is 0 Å². The van der Waals surface area contributed by atoms with E-state index in [1.165, 1.54) is 4.68 Å². The maximum atomic E-state index is 11.8. The quantitative estimate of drug-likeness (QED) is 0.792. The lowest BCUT2D eigenvalue weighted by molar-refractivity contribution is 0.0939. The Kier molecular flexibility index (Phi) is 4.76. The molecule has 1 aromatic heterocycles. The van der Waals surface area contributed by atoms with E-state index in [9.17, 15) is 4.79 Å². The lowest BCUT2D eigenvalue weighted by Gasteiger charge is -2.05. The van der Waals surface area contributed by atoms with E-state index in [-0.39, 0.29) is 5.91 Å². The Morgan fingerprint density at radius 1 is 1.62 bits per heavy atom. The third-order valence-electron chi connectivity index (χ3n) is 2.18. The van der Waals surface area contributed by atoms with Crippen molar-refractivity contribution in [3.8, 4) is 0 Å². The Morgan fingerprint density at radius 3 is 2.81 bits per heavy atom. The first kappa shape index (κ1) is 13.0. The third-order valence-corrected chi connectivity index (χ3v) is 2.63. The molecule has 0 aliphatic heterocycles. The topological polar surface area (TPSA) is 56.1 Å². The Bertz CT molecular complexity index is 376. The summed E-state index contributed by atoms with van der Waals surface area (Å²) >= 11 is 5.98. The van der Waals surface area contributed by atoms with Crippen LogP contribution in [0.25, 0.3) is 0 Å². The number of nitrogens with zero attached hydrogens (tertiary/aromatic N) is 2. The lowest BCUT2D eigenvalue weighted by atomic mass is 10.3. The van der Waals surface area contributed by atoms with Gasteiger partial charge in [-0.05, 0) is 13.3 Å². The van der Waals surface area contributed by atoms with Crippen molar-refractivity contribution in [3.63, 3.8) is 0 Å². The van der Waals surface area contributed by atoms with Crippen LogP contribution >= 0.6 is 11.6 Å². The number of amides is 1. The number of aryl methyl sites for hydroxylation is 2. The number of carbonyl (C=O) groups excluding carboxylic acids is 1. The van der Waals surface area contributed by atoms with Crippen LogP contribution in [0, 0.1) is 6.92 Å². The third kappa shape index (κ3) is 2.96. The summed E-state index contributed by atoms with van der Waals surface area (Å²) in [6.45, 7) is 2.95. The zero-order valence-corrected chi connectivity index (χ0v) is 10.5. The van der Waals surface area contributed by atoms with Crippen LogP contribution in [0.1, 0.15) is 22.6 Å². The average molecular weight is 246 g/mol. The molecule has 1 amide bonds. The summed E-state index contributed by atoms with van der Waals surface area (Å²) < 4.78 is 6.38. The minimum absolute atomic E-state index is 0.204. The van der Waals surface area contributed by atoms with Crippen molar-refractivity contribution in [3.05, 3.63) is 16.4 Å². The molecule has 1 aromatic rings. The zero-order chi connectivity index (χ0) is 12.1. The molecular formula is C10H16ClN3O2. The minimum Gasteiger partial charge on any atom is -0.385 e. The van der Waals surface area contributed by atoms with Gasteiger partial charge in [0, 0.05) is 27.3 Å². The Labute approximate surface area is 99.7 Å². The van der Waals surface area contributed by atoms with E-state index < -0.39 is 0 Å². The molecule has 90 valence electrons. The van der Waals surface area contributed by atoms with Crippen LogP contribution in [0.5, 0.6) is 0 Å². The van der Waals surface area contributed by atoms with Crippen LogP contribution in [0.4, 0.5) is 0 Å². The summed E-state index contributed by atoms with van der Waals surface area (Å²) in [5, 5.41) is 7.25. The first-order chi connectivity index (χ1) is 7.57. The van der Waals surface area contributed by atoms with Crippen molar-refractivity contribution in [2.45, 2.75) is 13.3 Å². The number of nitrogens with one attached hydrogen (secondary N) is 1. The predicted octanol–water partition coefficient (Wildman–Crippen LogP) is 1.15. The van der Waals surface area contributed by atoms with Crippen LogP contribution in [0.2, 0.25) is 5.02 Å². The smallest absolute Gasteiger partial charge is 0.271 e. The van der Waals surface area contributed by atoms with E-state index in [0.717, 1.165) is 6.42 Å². The summed E-state index contributed by atoms with van der Waals surface area (Å²) in [5.41, 5.74) is 1.06. The van der Waals surface area contributed by atoms with Crippen molar-refractivity contribution >= 4 is 17.5 Å². The largest absolute Gasteiger partial charge is 0.385 e. The van der Waals surface area contributed by atoms with Crippen LogP contribution in [0.3, 0.4) is 0 Å². The monoisotopic (exact) mass is 245 g/mol. The van der Waals surface area contributed by atoms with E-state index in [2.05, 4.69) is 10.4 Å². The lowest BCUT2D eigenvalue weighted by Crippen LogP contribution is -2.27. The van der Waals surface area contributed by atoms with Gasteiger partial charge in [0.2, 0.25) is 0 Å². The maximum Gasteiger partial charge on any atom is 0.271 e. The second-order valence-electron chi connectivity index (χ2n) is 3.47. The molecule has 16 heavy (non-hydrogen) atoms. The molecule has 0 aliphatic rings. The van der Waals surface area contributed by atoms with Gasteiger partial charge in [-0.2, -0.15) is 5.10 Å². The highest BCUT2D eigenvalue weighted by Gasteiger charge is 2.17. The highest BCUT2D eigenvalue weighted by atomic mass is 35.5. The van der Waals surface area contributed by atoms with E-state index in [4.69, 9.17) is 16.3 Å². The number of rotatable bonds is 5. The highest BCUT2D eigenvalue weighted by molar-refractivity contribution is 6.34. The summed E-state index contributed by atoms with van der Waals surface area (Å²) in [7, 11) is 3.33. The summed E-state index contributed by atoms with van der Waals surface area (Å²) in [4.78, 5) is 11.8. The fraction of sp³-hybridized carbons (Fsp3) is 0.600. The average Bonchev–Trinajstić information content (AvgIpc) is 2.48. The molecule has 5 nitrogen and oxygen atoms in total. The van der Waals surface area contributed by atoms with Gasteiger partial charge in [0.15, 0.2) is 0 Å². The molecule has 0 spiro atoms. The molecule has 0 unspecified atom stereocenters. The van der Waals surface area contributed by atoms with Crippen LogP contribution in [-0.2, 0) is 11.8 Å². The maximum absolute atomic E-state index is 11.8. The Hall–Kier alpha value is -1.07. The number of ether oxygens (including phenoxy) is 1. The summed E-state index contributed by atoms with van der Waals surface area (Å²) in [5.74, 6) is -0.204. The van der Waals surface area contributed by atoms with E-state index >= 15 is 0 Å². The molecule has 0 saturated carbocycles. The van der Waals surface area contributed by atoms with E-state index in [1.54, 1.807) is 21.1 Å². The number of halogens is 1. The number of hydrogen-bond donors (Lipinski definition) is 1. The number of hydrogen-bond acceptors (Lipinski definition) is 3. The SMILES string of the molecule is COCCCNC(=O)c1c(Cl)c(C)nn1C. The molecule has 6 heteroatoms. The van der Waals surface area contributed by atoms with Crippen molar-refractivity contribution in [1.29, 1.82) is 0 Å². The number of methoxy groups -OCH3 is 1. The van der Waals surface area contributed by atoms with Crippen molar-refractivity contribution in [2.24, 2.45) is 7.05 Å². The van der Waals surface area contributed by atoms with Crippen molar-refractivity contribution < 1.29 is 9.53 Å². The van der Waals surface area contributed by atoms with Gasteiger partial charge < -0.3 is 10.1 Å². The van der Waals surface area contributed by atoms with E-state index in [0.29, 0.717) is 29.6 Å². The molecule has 0 saturated heterocycles. The second kappa shape index (κ2) is 5.86. The fourth-order valence-corrected chi connectivity index (χ4v) is 1.63. The summed E-state index contributed by atoms with van der Waals surface area (Å²) in [6, 6.07) is 0. The van der Waals surface area contributed by atoms with Gasteiger partial charge in [-0.25, -0.2) is 0 Å². The van der Waals surface area contributed by atoms with Crippen molar-refractivity contribution in [2.75, 3.05) is 20.3 Å². The van der Waals surface area contributed by atoms with Gasteiger partial charge in [-0.15, -0.1) is 0 Å². The van der Waals surface area contributed by atoms with Gasteiger partial charge >= 0.3 is 0 Å². The number of aromatic nitrogens is 2. The van der Waals surface area contributed by atoms with Crippen molar-refractivity contribution in [1.82, 2.24) is 15.1 Å². The molecule has 1 rings (SSSR count). The zero-order valence-electron chi connectivity index (χ0n) is 9.71. The molecule has 1 heterocycles. The molecule has 0 aliphatic carbocycles. The van der Waals surface area contributed by atoms with Gasteiger partial charge in [0.25, 0.3) is 5.91 Å². The van der Waals surface area contributed by atoms with Gasteiger partial charge in [-0.1, -0.05) is 11.6 Å². The minimum atomic E-state index is -0.204. The molecule has 0 fully saturated rings. The molecule has 0 radical (unpaired) electrons. The highest BCUT2D eigenvalue weighted by Crippen LogP contribution is 2.18. The first-order valence-electron chi connectivity index (χ1n) is 5.04. The fourth-order valence-electron chi connectivity index (χ4n) is 1.38. The molecule has 0 atom stereocenters. The van der Waals surface area contributed by atoms with Gasteiger partial charge in [0.1, 0.15) is 5.69 Å². The molecular weight excluding hydrogens is 230 g/mol. The van der Waals surface area contributed by atoms with Gasteiger partial charge in [0.05, 0.1) is 10.7 Å². The first-order valence-corrected chi connectivity index (χ1v) is 5.42. The molecule has 0 bridgehead atoms. The Morgan fingerprint density at radius 2 is 2.31 bits per heavy atom. The standard InChI is InChI=1S/C10H16ClN3O2/c1-7-8(11)9(14(2)13-7)10(15)12-5-4-6-16-3/h4-6H2,1-3H3,(H,12,15). The van der Waals surface area contributed by atoms with Gasteiger partial charge in [-0.3, -0.25) is 9.48 Å². The molecule has 0 aromatic carbocycles. The van der Waals surface area contributed by atoms with Crippen LogP contribution in [0.15, 0.2) is 0 Å².